The van der Waals surface area contributed by atoms with Gasteiger partial charge in [-0.2, -0.15) is 0 Å². The van der Waals surface area contributed by atoms with Crippen LogP contribution >= 0.6 is 24.0 Å². The summed E-state index contributed by atoms with van der Waals surface area (Å²) in [7, 11) is 3.22. The third-order valence-electron chi connectivity index (χ3n) is 3.76. The van der Waals surface area contributed by atoms with Crippen LogP contribution in [0.25, 0.3) is 0 Å². The van der Waals surface area contributed by atoms with E-state index in [1.54, 1.807) is 14.2 Å². The fraction of sp³-hybridized carbons (Fsp3) is 0.350. The lowest BCUT2D eigenvalue weighted by molar-refractivity contribution is 0.117. The van der Waals surface area contributed by atoms with E-state index in [1.165, 1.54) is 5.56 Å². The molecule has 0 aliphatic rings. The van der Waals surface area contributed by atoms with Gasteiger partial charge < -0.3 is 25.3 Å². The van der Waals surface area contributed by atoms with Crippen molar-refractivity contribution < 1.29 is 14.2 Å². The van der Waals surface area contributed by atoms with Crippen LogP contribution in [-0.4, -0.2) is 33.3 Å². The van der Waals surface area contributed by atoms with Gasteiger partial charge in [-0.15, -0.1) is 24.0 Å². The molecule has 0 spiro atoms. The standard InChI is InChI=1S/C20H27N3O3.HI/c1-24-17-10-11-19(25-2)18(14-17)23-20(21)22-12-6-7-13-26-15-16-8-4-3-5-9-16;/h3-5,8-11,14H,6-7,12-13,15H2,1-2H3,(H3,21,22,23);1H. The maximum Gasteiger partial charge on any atom is 0.193 e. The molecule has 148 valence electrons. The number of hydrogen-bond acceptors (Lipinski definition) is 4. The van der Waals surface area contributed by atoms with Gasteiger partial charge in [0.1, 0.15) is 11.5 Å². The van der Waals surface area contributed by atoms with Gasteiger partial charge in [0.25, 0.3) is 0 Å². The van der Waals surface area contributed by atoms with Crippen molar-refractivity contribution >= 4 is 35.6 Å². The Morgan fingerprint density at radius 1 is 1.04 bits per heavy atom. The number of anilines is 1. The van der Waals surface area contributed by atoms with E-state index >= 15 is 0 Å². The predicted octanol–water partition coefficient (Wildman–Crippen LogP) is 4.05. The van der Waals surface area contributed by atoms with Crippen LogP contribution in [0.4, 0.5) is 5.69 Å². The van der Waals surface area contributed by atoms with Gasteiger partial charge in [0.2, 0.25) is 0 Å². The zero-order valence-electron chi connectivity index (χ0n) is 15.8. The van der Waals surface area contributed by atoms with Crippen LogP contribution in [0.2, 0.25) is 0 Å². The topological polar surface area (TPSA) is 78.1 Å². The Morgan fingerprint density at radius 2 is 1.81 bits per heavy atom. The van der Waals surface area contributed by atoms with E-state index in [0.717, 1.165) is 24.3 Å². The molecule has 0 aliphatic carbocycles. The van der Waals surface area contributed by atoms with Crippen molar-refractivity contribution in [2.45, 2.75) is 19.4 Å². The summed E-state index contributed by atoms with van der Waals surface area (Å²) in [5.74, 6) is 1.75. The van der Waals surface area contributed by atoms with E-state index in [0.29, 0.717) is 31.5 Å². The summed E-state index contributed by atoms with van der Waals surface area (Å²) in [5, 5.41) is 3.05. The molecule has 2 aromatic carbocycles. The Balaban J connectivity index is 0.00000364. The first-order valence-corrected chi connectivity index (χ1v) is 8.63. The summed E-state index contributed by atoms with van der Waals surface area (Å²) in [6.45, 7) is 1.99. The molecule has 0 unspecified atom stereocenters. The number of benzene rings is 2. The van der Waals surface area contributed by atoms with Gasteiger partial charge in [-0.3, -0.25) is 4.99 Å². The average molecular weight is 485 g/mol. The minimum absolute atomic E-state index is 0. The predicted molar refractivity (Wildman–Crippen MR) is 120 cm³/mol. The van der Waals surface area contributed by atoms with E-state index in [1.807, 2.05) is 36.4 Å². The molecule has 2 aromatic rings. The number of nitrogens with one attached hydrogen (secondary N) is 1. The number of rotatable bonds is 10. The van der Waals surface area contributed by atoms with Gasteiger partial charge in [-0.1, -0.05) is 30.3 Å². The summed E-state index contributed by atoms with van der Waals surface area (Å²) in [5.41, 5.74) is 7.86. The second-order valence-electron chi connectivity index (χ2n) is 5.70. The van der Waals surface area contributed by atoms with Crippen LogP contribution in [0.15, 0.2) is 53.5 Å². The highest BCUT2D eigenvalue weighted by Gasteiger charge is 2.05. The van der Waals surface area contributed by atoms with Gasteiger partial charge in [-0.05, 0) is 30.5 Å². The number of ether oxygens (including phenoxy) is 3. The molecule has 2 rings (SSSR count). The number of hydrogen-bond donors (Lipinski definition) is 2. The second kappa shape index (κ2) is 13.2. The average Bonchev–Trinajstić information content (AvgIpc) is 2.68. The number of methoxy groups -OCH3 is 2. The first-order chi connectivity index (χ1) is 12.7. The van der Waals surface area contributed by atoms with Crippen LogP contribution in [0.1, 0.15) is 18.4 Å². The van der Waals surface area contributed by atoms with Crippen molar-refractivity contribution in [3.05, 3.63) is 54.1 Å². The number of halogens is 1. The van der Waals surface area contributed by atoms with Crippen molar-refractivity contribution in [2.24, 2.45) is 10.7 Å². The SMILES string of the molecule is COc1ccc(OC)c(NC(N)=NCCCCOCc2ccccc2)c1.I. The largest absolute Gasteiger partial charge is 0.497 e. The summed E-state index contributed by atoms with van der Waals surface area (Å²) < 4.78 is 16.2. The van der Waals surface area contributed by atoms with E-state index in [2.05, 4.69) is 22.4 Å². The Morgan fingerprint density at radius 3 is 2.52 bits per heavy atom. The van der Waals surface area contributed by atoms with Crippen LogP contribution < -0.4 is 20.5 Å². The number of guanidine groups is 1. The highest BCUT2D eigenvalue weighted by atomic mass is 127. The fourth-order valence-corrected chi connectivity index (χ4v) is 2.37. The number of nitrogens with zero attached hydrogens (tertiary/aromatic N) is 1. The Bertz CT molecular complexity index is 696. The summed E-state index contributed by atoms with van der Waals surface area (Å²) >= 11 is 0. The van der Waals surface area contributed by atoms with Crippen molar-refractivity contribution in [1.29, 1.82) is 0 Å². The molecule has 0 radical (unpaired) electrons. The molecule has 3 N–H and O–H groups in total. The van der Waals surface area contributed by atoms with Gasteiger partial charge in [0.15, 0.2) is 5.96 Å². The first-order valence-electron chi connectivity index (χ1n) is 8.63. The fourth-order valence-electron chi connectivity index (χ4n) is 2.37. The molecule has 0 bridgehead atoms. The third kappa shape index (κ3) is 8.49. The maximum absolute atomic E-state index is 5.95. The van der Waals surface area contributed by atoms with Crippen LogP contribution in [0.3, 0.4) is 0 Å². The molecule has 27 heavy (non-hydrogen) atoms. The molecule has 7 heteroatoms. The lowest BCUT2D eigenvalue weighted by atomic mass is 10.2. The molecule has 0 atom stereocenters. The van der Waals surface area contributed by atoms with E-state index < -0.39 is 0 Å². The molecule has 0 aliphatic heterocycles. The number of nitrogens with two attached hydrogens (primary N) is 1. The zero-order chi connectivity index (χ0) is 18.6. The second-order valence-corrected chi connectivity index (χ2v) is 5.70. The van der Waals surface area contributed by atoms with Crippen molar-refractivity contribution in [1.82, 2.24) is 0 Å². The summed E-state index contributed by atoms with van der Waals surface area (Å²) in [4.78, 5) is 4.34. The lowest BCUT2D eigenvalue weighted by Crippen LogP contribution is -2.23. The molecule has 0 amide bonds. The molecule has 6 nitrogen and oxygen atoms in total. The van der Waals surface area contributed by atoms with Crippen molar-refractivity contribution in [3.8, 4) is 11.5 Å². The lowest BCUT2D eigenvalue weighted by Gasteiger charge is -2.12. The maximum atomic E-state index is 5.95. The Hall–Kier alpha value is -2.00. The first kappa shape index (κ1) is 23.0. The van der Waals surface area contributed by atoms with Crippen LogP contribution in [-0.2, 0) is 11.3 Å². The minimum atomic E-state index is 0. The van der Waals surface area contributed by atoms with Gasteiger partial charge in [0.05, 0.1) is 26.5 Å². The van der Waals surface area contributed by atoms with E-state index in [9.17, 15) is 0 Å². The van der Waals surface area contributed by atoms with Crippen LogP contribution in [0.5, 0.6) is 11.5 Å². The number of aliphatic imine (C=N–C) groups is 1. The molecular formula is C20H28IN3O3. The summed E-state index contributed by atoms with van der Waals surface area (Å²) in [6, 6.07) is 15.6. The minimum Gasteiger partial charge on any atom is -0.497 e. The highest BCUT2D eigenvalue weighted by molar-refractivity contribution is 14.0. The highest BCUT2D eigenvalue weighted by Crippen LogP contribution is 2.28. The van der Waals surface area contributed by atoms with E-state index in [4.69, 9.17) is 19.9 Å². The molecule has 0 fully saturated rings. The Labute approximate surface area is 178 Å². The monoisotopic (exact) mass is 485 g/mol. The van der Waals surface area contributed by atoms with Crippen molar-refractivity contribution in [2.75, 3.05) is 32.7 Å². The normalized spacial score (nSPS) is 10.8. The van der Waals surface area contributed by atoms with Gasteiger partial charge in [0, 0.05) is 19.2 Å². The van der Waals surface area contributed by atoms with Crippen LogP contribution in [0, 0.1) is 0 Å². The molecule has 0 saturated carbocycles. The molecule has 0 aromatic heterocycles. The van der Waals surface area contributed by atoms with E-state index in [-0.39, 0.29) is 24.0 Å². The Kier molecular flexibility index (Phi) is 11.3. The zero-order valence-corrected chi connectivity index (χ0v) is 18.1. The third-order valence-corrected chi connectivity index (χ3v) is 3.76. The quantitative estimate of drug-likeness (QED) is 0.230. The number of unbranched alkanes of at least 4 members (excludes halogenated alkanes) is 1. The van der Waals surface area contributed by atoms with Gasteiger partial charge in [-0.25, -0.2) is 0 Å². The van der Waals surface area contributed by atoms with Gasteiger partial charge >= 0.3 is 0 Å². The molecule has 0 saturated heterocycles. The molecule has 0 heterocycles. The molecular weight excluding hydrogens is 457 g/mol. The smallest absolute Gasteiger partial charge is 0.193 e. The summed E-state index contributed by atoms with van der Waals surface area (Å²) in [6.07, 6.45) is 1.85. The van der Waals surface area contributed by atoms with Crippen molar-refractivity contribution in [3.63, 3.8) is 0 Å².